The zero-order valence-electron chi connectivity index (χ0n) is 14.9. The number of rotatable bonds is 7. The largest absolute Gasteiger partial charge is 0.493 e. The van der Waals surface area contributed by atoms with Crippen LogP contribution in [0.5, 0.6) is 11.5 Å². The fraction of sp³-hybridized carbons (Fsp3) is 0.278. The molecule has 0 spiro atoms. The van der Waals surface area contributed by atoms with Gasteiger partial charge in [0.05, 0.1) is 19.1 Å². The number of anilines is 1. The predicted octanol–water partition coefficient (Wildman–Crippen LogP) is 2.17. The summed E-state index contributed by atoms with van der Waals surface area (Å²) >= 11 is 0. The summed E-state index contributed by atoms with van der Waals surface area (Å²) in [6.45, 7) is 1.81. The second-order valence-corrected chi connectivity index (χ2v) is 7.41. The minimum Gasteiger partial charge on any atom is -0.493 e. The van der Waals surface area contributed by atoms with E-state index in [9.17, 15) is 13.2 Å². The highest BCUT2D eigenvalue weighted by molar-refractivity contribution is 7.89. The fourth-order valence-corrected chi connectivity index (χ4v) is 2.96. The van der Waals surface area contributed by atoms with E-state index < -0.39 is 10.0 Å². The van der Waals surface area contributed by atoms with E-state index in [1.165, 1.54) is 24.3 Å². The molecule has 0 bridgehead atoms. The van der Waals surface area contributed by atoms with Gasteiger partial charge in [0.15, 0.2) is 11.5 Å². The second-order valence-electron chi connectivity index (χ2n) is 5.85. The molecule has 0 heterocycles. The van der Waals surface area contributed by atoms with E-state index in [1.54, 1.807) is 20.3 Å². The van der Waals surface area contributed by atoms with Crippen molar-refractivity contribution in [2.75, 3.05) is 19.5 Å². The molecule has 3 N–H and O–H groups in total. The van der Waals surface area contributed by atoms with Crippen LogP contribution < -0.4 is 19.9 Å². The van der Waals surface area contributed by atoms with Gasteiger partial charge in [-0.25, -0.2) is 13.6 Å². The van der Waals surface area contributed by atoms with Gasteiger partial charge in [0.25, 0.3) is 0 Å². The molecule has 8 heteroatoms. The zero-order chi connectivity index (χ0) is 19.3. The van der Waals surface area contributed by atoms with Crippen LogP contribution in [0.15, 0.2) is 47.4 Å². The van der Waals surface area contributed by atoms with Crippen LogP contribution in [0.4, 0.5) is 5.69 Å². The molecule has 0 fully saturated rings. The number of benzene rings is 2. The first-order valence-electron chi connectivity index (χ1n) is 7.89. The topological polar surface area (TPSA) is 108 Å². The van der Waals surface area contributed by atoms with Gasteiger partial charge < -0.3 is 14.8 Å². The average Bonchev–Trinajstić information content (AvgIpc) is 2.61. The molecule has 2 rings (SSSR count). The number of methoxy groups -OCH3 is 2. The molecule has 0 saturated heterocycles. The Labute approximate surface area is 153 Å². The third kappa shape index (κ3) is 4.96. The lowest BCUT2D eigenvalue weighted by molar-refractivity contribution is -0.119. The summed E-state index contributed by atoms with van der Waals surface area (Å²) in [5.74, 6) is 0.758. The molecular formula is C18H22N2O5S. The normalized spacial score (nSPS) is 12.3. The van der Waals surface area contributed by atoms with E-state index >= 15 is 0 Å². The summed E-state index contributed by atoms with van der Waals surface area (Å²) in [6, 6.07) is 11.2. The molecule has 0 aromatic heterocycles. The van der Waals surface area contributed by atoms with Crippen molar-refractivity contribution >= 4 is 21.6 Å². The monoisotopic (exact) mass is 378 g/mol. The van der Waals surface area contributed by atoms with E-state index in [0.29, 0.717) is 23.6 Å². The van der Waals surface area contributed by atoms with E-state index in [0.717, 1.165) is 5.56 Å². The van der Waals surface area contributed by atoms with Crippen LogP contribution in [0, 0.1) is 5.92 Å². The van der Waals surface area contributed by atoms with Gasteiger partial charge in [-0.3, -0.25) is 4.79 Å². The number of carbonyl (C=O) groups excluding carboxylic acids is 1. The Balaban J connectivity index is 2.03. The Hall–Kier alpha value is -2.58. The third-order valence-corrected chi connectivity index (χ3v) is 4.82. The van der Waals surface area contributed by atoms with Crippen LogP contribution in [0.25, 0.3) is 0 Å². The number of hydrogen-bond donors (Lipinski definition) is 2. The van der Waals surface area contributed by atoms with Crippen LogP contribution >= 0.6 is 0 Å². The fourth-order valence-electron chi connectivity index (χ4n) is 2.45. The molecular weight excluding hydrogens is 356 g/mol. The lowest BCUT2D eigenvalue weighted by Crippen LogP contribution is -2.22. The maximum Gasteiger partial charge on any atom is 0.238 e. The molecule has 0 aliphatic carbocycles. The Morgan fingerprint density at radius 2 is 1.69 bits per heavy atom. The van der Waals surface area contributed by atoms with Crippen molar-refractivity contribution < 1.29 is 22.7 Å². The zero-order valence-corrected chi connectivity index (χ0v) is 15.7. The van der Waals surface area contributed by atoms with Gasteiger partial charge in [0.2, 0.25) is 15.9 Å². The van der Waals surface area contributed by atoms with Crippen molar-refractivity contribution in [1.29, 1.82) is 0 Å². The van der Waals surface area contributed by atoms with E-state index in [-0.39, 0.29) is 16.7 Å². The highest BCUT2D eigenvalue weighted by atomic mass is 32.2. The van der Waals surface area contributed by atoms with Gasteiger partial charge in [-0.1, -0.05) is 13.0 Å². The summed E-state index contributed by atoms with van der Waals surface area (Å²) in [5.41, 5.74) is 1.44. The average molecular weight is 378 g/mol. The van der Waals surface area contributed by atoms with Crippen molar-refractivity contribution in [3.63, 3.8) is 0 Å². The molecule has 1 atom stereocenters. The van der Waals surface area contributed by atoms with Crippen LogP contribution in [-0.2, 0) is 21.2 Å². The van der Waals surface area contributed by atoms with Crippen LogP contribution in [0.2, 0.25) is 0 Å². The molecule has 1 unspecified atom stereocenters. The summed E-state index contributed by atoms with van der Waals surface area (Å²) in [5, 5.41) is 7.81. The molecule has 0 aliphatic rings. The van der Waals surface area contributed by atoms with Gasteiger partial charge in [0.1, 0.15) is 0 Å². The van der Waals surface area contributed by atoms with Crippen LogP contribution in [0.1, 0.15) is 12.5 Å². The standard InChI is InChI=1S/C18H22N2O5S/c1-12(10-13-4-9-16(24-2)17(11-13)25-3)18(21)20-14-5-7-15(8-6-14)26(19,22)23/h4-9,11-12H,10H2,1-3H3,(H,20,21)(H2,19,22,23). The SMILES string of the molecule is COc1ccc(CC(C)C(=O)Nc2ccc(S(N)(=O)=O)cc2)cc1OC. The van der Waals surface area contributed by atoms with Crippen molar-refractivity contribution in [3.05, 3.63) is 48.0 Å². The summed E-state index contributed by atoms with van der Waals surface area (Å²) in [7, 11) is -0.630. The Kier molecular flexibility index (Phi) is 6.23. The molecule has 1 amide bonds. The van der Waals surface area contributed by atoms with Gasteiger partial charge in [-0.05, 0) is 48.4 Å². The predicted molar refractivity (Wildman–Crippen MR) is 98.9 cm³/mol. The molecule has 0 aliphatic heterocycles. The number of nitrogens with two attached hydrogens (primary N) is 1. The van der Waals surface area contributed by atoms with Crippen molar-refractivity contribution in [3.8, 4) is 11.5 Å². The minimum absolute atomic E-state index is 0.00567. The molecule has 7 nitrogen and oxygen atoms in total. The minimum atomic E-state index is -3.75. The Morgan fingerprint density at radius 1 is 1.08 bits per heavy atom. The third-order valence-electron chi connectivity index (χ3n) is 3.89. The Morgan fingerprint density at radius 3 is 2.23 bits per heavy atom. The maximum absolute atomic E-state index is 12.4. The first-order valence-corrected chi connectivity index (χ1v) is 9.44. The van der Waals surface area contributed by atoms with Gasteiger partial charge in [0, 0.05) is 11.6 Å². The summed E-state index contributed by atoms with van der Waals surface area (Å²) < 4.78 is 33.0. The van der Waals surface area contributed by atoms with E-state index in [4.69, 9.17) is 14.6 Å². The molecule has 26 heavy (non-hydrogen) atoms. The van der Waals surface area contributed by atoms with Crippen LogP contribution in [0.3, 0.4) is 0 Å². The first kappa shape index (κ1) is 19.7. The lowest BCUT2D eigenvalue weighted by atomic mass is 10.00. The summed E-state index contributed by atoms with van der Waals surface area (Å²) in [4.78, 5) is 12.4. The maximum atomic E-state index is 12.4. The highest BCUT2D eigenvalue weighted by Gasteiger charge is 2.16. The lowest BCUT2D eigenvalue weighted by Gasteiger charge is -2.14. The second kappa shape index (κ2) is 8.20. The number of hydrogen-bond acceptors (Lipinski definition) is 5. The number of carbonyl (C=O) groups is 1. The number of nitrogens with one attached hydrogen (secondary N) is 1. The smallest absolute Gasteiger partial charge is 0.238 e. The molecule has 2 aromatic carbocycles. The number of ether oxygens (including phenoxy) is 2. The molecule has 0 radical (unpaired) electrons. The van der Waals surface area contributed by atoms with Crippen LogP contribution in [-0.4, -0.2) is 28.5 Å². The number of primary sulfonamides is 1. The van der Waals surface area contributed by atoms with Crippen molar-refractivity contribution in [2.24, 2.45) is 11.1 Å². The highest BCUT2D eigenvalue weighted by Crippen LogP contribution is 2.28. The number of amides is 1. The van der Waals surface area contributed by atoms with Crippen molar-refractivity contribution in [1.82, 2.24) is 0 Å². The summed E-state index contributed by atoms with van der Waals surface area (Å²) in [6.07, 6.45) is 0.515. The van der Waals surface area contributed by atoms with E-state index in [1.807, 2.05) is 19.1 Å². The van der Waals surface area contributed by atoms with Crippen molar-refractivity contribution in [2.45, 2.75) is 18.2 Å². The molecule has 2 aromatic rings. The van der Waals surface area contributed by atoms with Gasteiger partial charge in [-0.2, -0.15) is 0 Å². The molecule has 0 saturated carbocycles. The number of sulfonamides is 1. The van der Waals surface area contributed by atoms with Gasteiger partial charge in [-0.15, -0.1) is 0 Å². The Bertz CT molecular complexity index is 879. The van der Waals surface area contributed by atoms with E-state index in [2.05, 4.69) is 5.32 Å². The first-order chi connectivity index (χ1) is 12.2. The quantitative estimate of drug-likeness (QED) is 0.768. The molecule has 140 valence electrons. The van der Waals surface area contributed by atoms with Gasteiger partial charge >= 0.3 is 0 Å².